The number of esters is 1. The summed E-state index contributed by atoms with van der Waals surface area (Å²) in [6.07, 6.45) is 0.906. The molecular formula is C18H24N2O4. The van der Waals surface area contributed by atoms with E-state index in [4.69, 9.17) is 4.74 Å². The van der Waals surface area contributed by atoms with Gasteiger partial charge in [-0.3, -0.25) is 14.4 Å². The van der Waals surface area contributed by atoms with Gasteiger partial charge in [-0.2, -0.15) is 0 Å². The minimum Gasteiger partial charge on any atom is -0.465 e. The van der Waals surface area contributed by atoms with Gasteiger partial charge >= 0.3 is 5.97 Å². The first-order valence-corrected chi connectivity index (χ1v) is 8.25. The quantitative estimate of drug-likeness (QED) is 0.742. The third-order valence-electron chi connectivity index (χ3n) is 4.16. The number of ether oxygens (including phenoxy) is 1. The van der Waals surface area contributed by atoms with Gasteiger partial charge in [0.25, 0.3) is 0 Å². The van der Waals surface area contributed by atoms with Crippen LogP contribution in [-0.2, 0) is 25.7 Å². The summed E-state index contributed by atoms with van der Waals surface area (Å²) in [5.41, 5.74) is 1.04. The maximum absolute atomic E-state index is 12.3. The number of carbonyl (C=O) groups excluding carboxylic acids is 3. The van der Waals surface area contributed by atoms with E-state index in [0.29, 0.717) is 26.1 Å². The van der Waals surface area contributed by atoms with Gasteiger partial charge in [0.1, 0.15) is 6.54 Å². The van der Waals surface area contributed by atoms with E-state index in [1.54, 1.807) is 11.8 Å². The highest BCUT2D eigenvalue weighted by atomic mass is 16.5. The zero-order valence-corrected chi connectivity index (χ0v) is 14.2. The Balaban J connectivity index is 1.97. The van der Waals surface area contributed by atoms with Crippen molar-refractivity contribution in [3.63, 3.8) is 0 Å². The summed E-state index contributed by atoms with van der Waals surface area (Å²) in [4.78, 5) is 39.1. The van der Waals surface area contributed by atoms with E-state index in [1.165, 1.54) is 11.8 Å². The Hall–Kier alpha value is -2.37. The van der Waals surface area contributed by atoms with Crippen LogP contribution in [0.2, 0.25) is 0 Å². The lowest BCUT2D eigenvalue weighted by atomic mass is 10.0. The molecule has 0 unspecified atom stereocenters. The Bertz CT molecular complexity index is 588. The first kappa shape index (κ1) is 18.0. The van der Waals surface area contributed by atoms with E-state index >= 15 is 0 Å². The first-order valence-electron chi connectivity index (χ1n) is 8.25. The van der Waals surface area contributed by atoms with E-state index in [9.17, 15) is 14.4 Å². The number of rotatable bonds is 6. The van der Waals surface area contributed by atoms with Gasteiger partial charge in [0, 0.05) is 32.5 Å². The number of carbonyl (C=O) groups is 3. The number of nitrogens with zero attached hydrogens (tertiary/aromatic N) is 2. The van der Waals surface area contributed by atoms with Crippen LogP contribution in [0.25, 0.3) is 0 Å². The standard InChI is InChI=1S/C18H24N2O4/c1-3-24-18(23)13-19-10-9-16(11-17(19)22)20(14(2)21)12-15-7-5-4-6-8-15/h4-8,16H,3,9-13H2,1-2H3/t16-/m0/s1. The summed E-state index contributed by atoms with van der Waals surface area (Å²) in [7, 11) is 0. The summed E-state index contributed by atoms with van der Waals surface area (Å²) in [5.74, 6) is -0.550. The molecule has 0 bridgehead atoms. The largest absolute Gasteiger partial charge is 0.465 e. The van der Waals surface area contributed by atoms with Crippen LogP contribution in [0.4, 0.5) is 0 Å². The SMILES string of the molecule is CCOC(=O)CN1CC[C@H](N(Cc2ccccc2)C(C)=O)CC1=O. The van der Waals surface area contributed by atoms with Crippen molar-refractivity contribution >= 4 is 17.8 Å². The molecule has 0 N–H and O–H groups in total. The monoisotopic (exact) mass is 332 g/mol. The maximum atomic E-state index is 12.3. The lowest BCUT2D eigenvalue weighted by molar-refractivity contribution is -0.151. The molecule has 2 amide bonds. The van der Waals surface area contributed by atoms with Crippen LogP contribution in [0.5, 0.6) is 0 Å². The van der Waals surface area contributed by atoms with Crippen molar-refractivity contribution in [3.8, 4) is 0 Å². The Kier molecular flexibility index (Phi) is 6.35. The smallest absolute Gasteiger partial charge is 0.325 e. The number of benzene rings is 1. The third-order valence-corrected chi connectivity index (χ3v) is 4.16. The summed E-state index contributed by atoms with van der Waals surface area (Å²) in [6, 6.07) is 9.59. The molecule has 130 valence electrons. The second-order valence-electron chi connectivity index (χ2n) is 5.90. The van der Waals surface area contributed by atoms with Gasteiger partial charge in [-0.1, -0.05) is 30.3 Å². The third kappa shape index (κ3) is 4.81. The average molecular weight is 332 g/mol. The molecule has 2 rings (SSSR count). The van der Waals surface area contributed by atoms with E-state index in [0.717, 1.165) is 5.56 Å². The highest BCUT2D eigenvalue weighted by Gasteiger charge is 2.32. The van der Waals surface area contributed by atoms with Crippen molar-refractivity contribution < 1.29 is 19.1 Å². The summed E-state index contributed by atoms with van der Waals surface area (Å²) in [6.45, 7) is 4.50. The highest BCUT2D eigenvalue weighted by Crippen LogP contribution is 2.20. The fourth-order valence-corrected chi connectivity index (χ4v) is 2.94. The minimum atomic E-state index is -0.392. The van der Waals surface area contributed by atoms with Gasteiger partial charge in [0.2, 0.25) is 11.8 Å². The molecule has 1 aliphatic rings. The van der Waals surface area contributed by atoms with Crippen molar-refractivity contribution in [1.82, 2.24) is 9.80 Å². The Morgan fingerprint density at radius 3 is 2.58 bits per heavy atom. The molecule has 1 aromatic carbocycles. The van der Waals surface area contributed by atoms with Crippen LogP contribution >= 0.6 is 0 Å². The van der Waals surface area contributed by atoms with E-state index < -0.39 is 5.97 Å². The minimum absolute atomic E-state index is 0.0157. The van der Waals surface area contributed by atoms with Gasteiger partial charge in [-0.15, -0.1) is 0 Å². The molecule has 1 aliphatic heterocycles. The van der Waals surface area contributed by atoms with Crippen molar-refractivity contribution in [2.24, 2.45) is 0 Å². The fourth-order valence-electron chi connectivity index (χ4n) is 2.94. The van der Waals surface area contributed by atoms with Crippen molar-refractivity contribution in [3.05, 3.63) is 35.9 Å². The number of likely N-dealkylation sites (tertiary alicyclic amines) is 1. The van der Waals surface area contributed by atoms with Crippen LogP contribution in [0, 0.1) is 0 Å². The van der Waals surface area contributed by atoms with Gasteiger partial charge in [0.05, 0.1) is 6.61 Å². The molecule has 0 saturated carbocycles. The summed E-state index contributed by atoms with van der Waals surface area (Å²) in [5, 5.41) is 0. The second kappa shape index (κ2) is 8.47. The van der Waals surface area contributed by atoms with Crippen molar-refractivity contribution in [2.45, 2.75) is 39.3 Å². The fraction of sp³-hybridized carbons (Fsp3) is 0.500. The number of amides is 2. The van der Waals surface area contributed by atoms with Gasteiger partial charge < -0.3 is 14.5 Å². The highest BCUT2D eigenvalue weighted by molar-refractivity contribution is 5.84. The van der Waals surface area contributed by atoms with Crippen LogP contribution < -0.4 is 0 Å². The van der Waals surface area contributed by atoms with E-state index in [-0.39, 0.29) is 30.8 Å². The number of hydrogen-bond donors (Lipinski definition) is 0. The molecule has 0 radical (unpaired) electrons. The molecule has 6 nitrogen and oxygen atoms in total. The van der Waals surface area contributed by atoms with Crippen LogP contribution in [-0.4, -0.2) is 53.3 Å². The number of piperidine rings is 1. The van der Waals surface area contributed by atoms with Crippen molar-refractivity contribution in [1.29, 1.82) is 0 Å². The Morgan fingerprint density at radius 1 is 1.29 bits per heavy atom. The lowest BCUT2D eigenvalue weighted by Gasteiger charge is -2.37. The number of hydrogen-bond acceptors (Lipinski definition) is 4. The van der Waals surface area contributed by atoms with E-state index in [2.05, 4.69) is 0 Å². The zero-order valence-electron chi connectivity index (χ0n) is 14.2. The molecular weight excluding hydrogens is 308 g/mol. The topological polar surface area (TPSA) is 66.9 Å². The summed E-state index contributed by atoms with van der Waals surface area (Å²) < 4.78 is 4.89. The van der Waals surface area contributed by atoms with Crippen molar-refractivity contribution in [2.75, 3.05) is 19.7 Å². The molecule has 1 saturated heterocycles. The zero-order chi connectivity index (χ0) is 17.5. The molecule has 6 heteroatoms. The average Bonchev–Trinajstić information content (AvgIpc) is 2.55. The molecule has 1 aromatic rings. The Labute approximate surface area is 142 Å². The molecule has 0 spiro atoms. The predicted molar refractivity (Wildman–Crippen MR) is 88.9 cm³/mol. The first-order chi connectivity index (χ1) is 11.5. The molecule has 24 heavy (non-hydrogen) atoms. The summed E-state index contributed by atoms with van der Waals surface area (Å²) >= 11 is 0. The van der Waals surface area contributed by atoms with Gasteiger partial charge in [-0.05, 0) is 18.9 Å². The van der Waals surface area contributed by atoms with Crippen LogP contribution in [0.1, 0.15) is 32.3 Å². The second-order valence-corrected chi connectivity index (χ2v) is 5.90. The Morgan fingerprint density at radius 2 is 2.00 bits per heavy atom. The normalized spacial score (nSPS) is 17.5. The van der Waals surface area contributed by atoms with Gasteiger partial charge in [-0.25, -0.2) is 0 Å². The molecule has 0 aromatic heterocycles. The molecule has 0 aliphatic carbocycles. The molecule has 1 fully saturated rings. The van der Waals surface area contributed by atoms with E-state index in [1.807, 2.05) is 30.3 Å². The predicted octanol–water partition coefficient (Wildman–Crippen LogP) is 1.59. The molecule has 1 atom stereocenters. The van der Waals surface area contributed by atoms with Gasteiger partial charge in [0.15, 0.2) is 0 Å². The maximum Gasteiger partial charge on any atom is 0.325 e. The lowest BCUT2D eigenvalue weighted by Crippen LogP contribution is -2.50. The van der Waals surface area contributed by atoms with Crippen LogP contribution in [0.3, 0.4) is 0 Å². The molecule has 1 heterocycles. The van der Waals surface area contributed by atoms with Crippen LogP contribution in [0.15, 0.2) is 30.3 Å².